The predicted molar refractivity (Wildman–Crippen MR) is 17.9 cm³/mol. The topological polar surface area (TPSA) is 20.2 Å². The standard InChI is InChI=1S/C2H3ClF2O/c3-1(4)2(5)6/h1-2,6H. The first kappa shape index (κ1) is 6.11. The first-order valence-corrected chi connectivity index (χ1v) is 1.68. The molecule has 38 valence electrons. The van der Waals surface area contributed by atoms with Crippen LogP contribution in [0.1, 0.15) is 0 Å². The highest BCUT2D eigenvalue weighted by Gasteiger charge is 2.10. The molecule has 2 atom stereocenters. The molecule has 0 aromatic carbocycles. The summed E-state index contributed by atoms with van der Waals surface area (Å²) in [6, 6.07) is 0. The number of halogens is 3. The highest BCUT2D eigenvalue weighted by Crippen LogP contribution is 2.03. The molecule has 1 N–H and O–H groups in total. The third-order valence-corrected chi connectivity index (χ3v) is 0.416. The normalized spacial score (nSPS) is 20.0. The second kappa shape index (κ2) is 2.31. The SMILES string of the molecule is OC(F)C(F)Cl. The lowest BCUT2D eigenvalue weighted by molar-refractivity contribution is 0.00371. The molecule has 0 aliphatic heterocycles. The molecular formula is C2H3ClF2O. The van der Waals surface area contributed by atoms with Crippen molar-refractivity contribution in [2.24, 2.45) is 0 Å². The van der Waals surface area contributed by atoms with E-state index in [1.165, 1.54) is 0 Å². The number of rotatable bonds is 1. The summed E-state index contributed by atoms with van der Waals surface area (Å²) in [5, 5.41) is 7.46. The van der Waals surface area contributed by atoms with E-state index in [1.54, 1.807) is 0 Å². The summed E-state index contributed by atoms with van der Waals surface area (Å²) in [6.07, 6.45) is -2.55. The van der Waals surface area contributed by atoms with Crippen molar-refractivity contribution in [3.05, 3.63) is 0 Å². The van der Waals surface area contributed by atoms with Crippen LogP contribution in [0.3, 0.4) is 0 Å². The van der Waals surface area contributed by atoms with E-state index < -0.39 is 12.0 Å². The van der Waals surface area contributed by atoms with E-state index >= 15 is 0 Å². The molecule has 0 heterocycles. The van der Waals surface area contributed by atoms with E-state index in [0.717, 1.165) is 0 Å². The van der Waals surface area contributed by atoms with E-state index in [4.69, 9.17) is 5.11 Å². The largest absolute Gasteiger partial charge is 0.361 e. The van der Waals surface area contributed by atoms with Crippen LogP contribution in [0.4, 0.5) is 8.78 Å². The van der Waals surface area contributed by atoms with Gasteiger partial charge in [0.1, 0.15) is 0 Å². The first-order chi connectivity index (χ1) is 2.64. The monoisotopic (exact) mass is 116 g/mol. The second-order valence-electron chi connectivity index (χ2n) is 0.707. The molecule has 6 heavy (non-hydrogen) atoms. The van der Waals surface area contributed by atoms with Gasteiger partial charge in [-0.15, -0.1) is 0 Å². The quantitative estimate of drug-likeness (QED) is 0.503. The zero-order valence-electron chi connectivity index (χ0n) is 2.74. The smallest absolute Gasteiger partial charge is 0.242 e. The van der Waals surface area contributed by atoms with Gasteiger partial charge in [-0.2, -0.15) is 0 Å². The zero-order chi connectivity index (χ0) is 5.15. The fraction of sp³-hybridized carbons (Fsp3) is 1.00. The van der Waals surface area contributed by atoms with Crippen LogP contribution in [0, 0.1) is 0 Å². The van der Waals surface area contributed by atoms with Gasteiger partial charge in [0.05, 0.1) is 0 Å². The minimum Gasteiger partial charge on any atom is -0.361 e. The van der Waals surface area contributed by atoms with Gasteiger partial charge in [0.25, 0.3) is 0 Å². The highest BCUT2D eigenvalue weighted by molar-refractivity contribution is 6.19. The molecule has 0 rings (SSSR count). The molecule has 0 amide bonds. The maximum absolute atomic E-state index is 11.0. The predicted octanol–water partition coefficient (Wildman–Crippen LogP) is 0.809. The molecule has 0 bridgehead atoms. The molecule has 0 spiro atoms. The molecule has 0 saturated carbocycles. The van der Waals surface area contributed by atoms with Gasteiger partial charge >= 0.3 is 0 Å². The van der Waals surface area contributed by atoms with Crippen molar-refractivity contribution in [3.8, 4) is 0 Å². The maximum atomic E-state index is 11.0. The van der Waals surface area contributed by atoms with Crippen LogP contribution in [-0.4, -0.2) is 17.1 Å². The Balaban J connectivity index is 2.99. The Morgan fingerprint density at radius 1 is 1.50 bits per heavy atom. The zero-order valence-corrected chi connectivity index (χ0v) is 3.49. The van der Waals surface area contributed by atoms with Gasteiger partial charge in [-0.3, -0.25) is 0 Å². The van der Waals surface area contributed by atoms with Gasteiger partial charge in [0.15, 0.2) is 0 Å². The fourth-order valence-corrected chi connectivity index (χ4v) is 0. The molecule has 1 nitrogen and oxygen atoms in total. The van der Waals surface area contributed by atoms with E-state index in [-0.39, 0.29) is 0 Å². The van der Waals surface area contributed by atoms with E-state index in [2.05, 4.69) is 11.6 Å². The van der Waals surface area contributed by atoms with Gasteiger partial charge in [-0.1, -0.05) is 11.6 Å². The Morgan fingerprint density at radius 2 is 1.67 bits per heavy atom. The molecule has 2 unspecified atom stereocenters. The summed E-state index contributed by atoms with van der Waals surface area (Å²) in [6.45, 7) is 0. The Labute approximate surface area is 38.5 Å². The molecule has 0 aliphatic carbocycles. The lowest BCUT2D eigenvalue weighted by atomic mass is 10.8. The van der Waals surface area contributed by atoms with Crippen LogP contribution in [0.2, 0.25) is 0 Å². The molecule has 0 aromatic rings. The number of aliphatic hydroxyl groups excluding tert-OH is 1. The van der Waals surface area contributed by atoms with Crippen molar-refractivity contribution in [3.63, 3.8) is 0 Å². The van der Waals surface area contributed by atoms with Gasteiger partial charge in [-0.05, 0) is 0 Å². The van der Waals surface area contributed by atoms with Gasteiger partial charge in [0, 0.05) is 0 Å². The Morgan fingerprint density at radius 3 is 1.67 bits per heavy atom. The summed E-state index contributed by atoms with van der Waals surface area (Å²) in [5.74, 6) is 0. The van der Waals surface area contributed by atoms with Crippen LogP contribution in [-0.2, 0) is 0 Å². The molecule has 0 saturated heterocycles. The minimum absolute atomic E-state index is 2.29. The van der Waals surface area contributed by atoms with Crippen LogP contribution < -0.4 is 0 Å². The third kappa shape index (κ3) is 2.35. The third-order valence-electron chi connectivity index (χ3n) is 0.208. The molecule has 0 aromatic heterocycles. The van der Waals surface area contributed by atoms with Crippen LogP contribution in [0.25, 0.3) is 0 Å². The van der Waals surface area contributed by atoms with Crippen LogP contribution in [0.5, 0.6) is 0 Å². The fourth-order valence-electron chi connectivity index (χ4n) is 0. The van der Waals surface area contributed by atoms with Crippen molar-refractivity contribution >= 4 is 11.6 Å². The second-order valence-corrected chi connectivity index (χ2v) is 1.12. The van der Waals surface area contributed by atoms with E-state index in [0.29, 0.717) is 0 Å². The van der Waals surface area contributed by atoms with Crippen molar-refractivity contribution in [2.45, 2.75) is 12.0 Å². The van der Waals surface area contributed by atoms with Crippen LogP contribution >= 0.6 is 11.6 Å². The molecule has 0 radical (unpaired) electrons. The lowest BCUT2D eigenvalue weighted by Crippen LogP contribution is -2.07. The average Bonchev–Trinajstić information content (AvgIpc) is 1.36. The van der Waals surface area contributed by atoms with Gasteiger partial charge < -0.3 is 5.11 Å². The van der Waals surface area contributed by atoms with Crippen molar-refractivity contribution < 1.29 is 13.9 Å². The Kier molecular flexibility index (Phi) is 2.35. The highest BCUT2D eigenvalue weighted by atomic mass is 35.5. The van der Waals surface area contributed by atoms with Gasteiger partial charge in [-0.25, -0.2) is 8.78 Å². The maximum Gasteiger partial charge on any atom is 0.242 e. The van der Waals surface area contributed by atoms with Crippen LogP contribution in [0.15, 0.2) is 0 Å². The van der Waals surface area contributed by atoms with E-state index in [1.807, 2.05) is 0 Å². The number of hydrogen-bond donors (Lipinski definition) is 1. The minimum atomic E-state index is -2.55. The lowest BCUT2D eigenvalue weighted by Gasteiger charge is -1.93. The number of hydrogen-bond acceptors (Lipinski definition) is 1. The Hall–Kier alpha value is 0.110. The van der Waals surface area contributed by atoms with Crippen molar-refractivity contribution in [1.29, 1.82) is 0 Å². The van der Waals surface area contributed by atoms with Crippen molar-refractivity contribution in [2.75, 3.05) is 0 Å². The molecule has 0 fully saturated rings. The first-order valence-electron chi connectivity index (χ1n) is 1.25. The van der Waals surface area contributed by atoms with E-state index in [9.17, 15) is 8.78 Å². The summed E-state index contributed by atoms with van der Waals surface area (Å²) in [7, 11) is 0. The molecule has 0 aliphatic rings. The number of alkyl halides is 3. The summed E-state index contributed by atoms with van der Waals surface area (Å²) in [4.78, 5) is 0. The molecular weight excluding hydrogens is 113 g/mol. The Bertz CT molecular complexity index is 32.5. The number of aliphatic hydroxyl groups is 1. The van der Waals surface area contributed by atoms with Crippen molar-refractivity contribution in [1.82, 2.24) is 0 Å². The summed E-state index contributed by atoms with van der Waals surface area (Å²) >= 11 is 4.32. The molecule has 4 heteroatoms. The summed E-state index contributed by atoms with van der Waals surface area (Å²) in [5.41, 5.74) is -2.29. The average molecular weight is 116 g/mol. The summed E-state index contributed by atoms with van der Waals surface area (Å²) < 4.78 is 21.8. The van der Waals surface area contributed by atoms with Gasteiger partial charge in [0.2, 0.25) is 12.0 Å².